The Balaban J connectivity index is 1.67. The number of likely N-dealkylation sites (tertiary alicyclic amines) is 1. The van der Waals surface area contributed by atoms with Gasteiger partial charge in [0.2, 0.25) is 0 Å². The first kappa shape index (κ1) is 13.1. The van der Waals surface area contributed by atoms with Crippen molar-refractivity contribution >= 4 is 0 Å². The Bertz CT molecular complexity index is 388. The van der Waals surface area contributed by atoms with E-state index >= 15 is 0 Å². The van der Waals surface area contributed by atoms with Crippen LogP contribution in [0.1, 0.15) is 30.7 Å². The minimum atomic E-state index is 0.637. The number of nitrogens with one attached hydrogen (secondary N) is 1. The zero-order valence-corrected chi connectivity index (χ0v) is 11.6. The molecule has 1 aliphatic carbocycles. The molecule has 0 bridgehead atoms. The van der Waals surface area contributed by atoms with E-state index < -0.39 is 0 Å². The molecule has 2 fully saturated rings. The van der Waals surface area contributed by atoms with E-state index in [9.17, 15) is 0 Å². The minimum absolute atomic E-state index is 0.637. The van der Waals surface area contributed by atoms with Gasteiger partial charge in [-0.2, -0.15) is 0 Å². The van der Waals surface area contributed by atoms with Crippen molar-refractivity contribution in [2.24, 2.45) is 5.73 Å². The molecule has 1 saturated heterocycles. The molecule has 0 spiro atoms. The normalized spacial score (nSPS) is 28.5. The maximum atomic E-state index is 5.74. The van der Waals surface area contributed by atoms with E-state index in [1.54, 1.807) is 0 Å². The number of piperidine rings is 1. The van der Waals surface area contributed by atoms with Gasteiger partial charge in [0.25, 0.3) is 0 Å². The molecule has 2 atom stereocenters. The molecule has 1 aromatic rings. The number of nitrogens with zero attached hydrogens (tertiary/aromatic N) is 1. The Labute approximate surface area is 116 Å². The molecule has 2 aliphatic rings. The number of nitrogens with two attached hydrogens (primary N) is 1. The second-order valence-electron chi connectivity index (χ2n) is 6.03. The number of benzene rings is 1. The van der Waals surface area contributed by atoms with E-state index in [4.69, 9.17) is 5.73 Å². The van der Waals surface area contributed by atoms with E-state index in [1.807, 2.05) is 0 Å². The van der Waals surface area contributed by atoms with Gasteiger partial charge in [-0.15, -0.1) is 0 Å². The van der Waals surface area contributed by atoms with Gasteiger partial charge in [0.05, 0.1) is 0 Å². The maximum Gasteiger partial charge on any atom is 0.0203 e. The van der Waals surface area contributed by atoms with Crippen LogP contribution in [-0.4, -0.2) is 43.2 Å². The summed E-state index contributed by atoms with van der Waals surface area (Å²) in [5.74, 6) is 0.651. The summed E-state index contributed by atoms with van der Waals surface area (Å²) in [6, 6.07) is 12.4. The monoisotopic (exact) mass is 259 g/mol. The zero-order chi connectivity index (χ0) is 13.1. The van der Waals surface area contributed by atoms with Crippen LogP contribution >= 0.6 is 0 Å². The Morgan fingerprint density at radius 2 is 1.89 bits per heavy atom. The second-order valence-corrected chi connectivity index (χ2v) is 6.03. The van der Waals surface area contributed by atoms with Crippen molar-refractivity contribution in [3.8, 4) is 0 Å². The average Bonchev–Trinajstić information content (AvgIpc) is 3.24. The van der Waals surface area contributed by atoms with E-state index in [0.29, 0.717) is 12.0 Å². The van der Waals surface area contributed by atoms with Gasteiger partial charge in [0, 0.05) is 38.3 Å². The Kier molecular flexibility index (Phi) is 4.16. The molecule has 1 aliphatic heterocycles. The van der Waals surface area contributed by atoms with Crippen LogP contribution in [0, 0.1) is 0 Å². The van der Waals surface area contributed by atoms with Crippen molar-refractivity contribution < 1.29 is 0 Å². The lowest BCUT2D eigenvalue weighted by atomic mass is 9.88. The highest BCUT2D eigenvalue weighted by Crippen LogP contribution is 2.29. The Hall–Kier alpha value is -0.900. The molecule has 1 aromatic carbocycles. The Morgan fingerprint density at radius 3 is 2.58 bits per heavy atom. The molecular formula is C16H25N3. The van der Waals surface area contributed by atoms with Crippen molar-refractivity contribution in [1.82, 2.24) is 10.2 Å². The van der Waals surface area contributed by atoms with Crippen LogP contribution in [0.4, 0.5) is 0 Å². The number of rotatable bonds is 5. The highest BCUT2D eigenvalue weighted by Gasteiger charge is 2.31. The van der Waals surface area contributed by atoms with Crippen LogP contribution in [0.5, 0.6) is 0 Å². The van der Waals surface area contributed by atoms with E-state index in [2.05, 4.69) is 40.5 Å². The van der Waals surface area contributed by atoms with Crippen LogP contribution in [0.2, 0.25) is 0 Å². The Morgan fingerprint density at radius 1 is 1.11 bits per heavy atom. The van der Waals surface area contributed by atoms with Crippen LogP contribution in [0.3, 0.4) is 0 Å². The minimum Gasteiger partial charge on any atom is -0.329 e. The predicted octanol–water partition coefficient (Wildman–Crippen LogP) is 1.56. The molecule has 0 aromatic heterocycles. The molecular weight excluding hydrogens is 234 g/mol. The van der Waals surface area contributed by atoms with Gasteiger partial charge >= 0.3 is 0 Å². The summed E-state index contributed by atoms with van der Waals surface area (Å²) in [4.78, 5) is 2.53. The predicted molar refractivity (Wildman–Crippen MR) is 79.2 cm³/mol. The highest BCUT2D eigenvalue weighted by molar-refractivity contribution is 5.21. The summed E-state index contributed by atoms with van der Waals surface area (Å²) >= 11 is 0. The zero-order valence-electron chi connectivity index (χ0n) is 11.6. The quantitative estimate of drug-likeness (QED) is 0.843. The van der Waals surface area contributed by atoms with Crippen LogP contribution in [-0.2, 0) is 0 Å². The number of hydrogen-bond donors (Lipinski definition) is 2. The fourth-order valence-corrected chi connectivity index (χ4v) is 3.23. The summed E-state index contributed by atoms with van der Waals surface area (Å²) < 4.78 is 0. The molecule has 0 radical (unpaired) electrons. The molecule has 19 heavy (non-hydrogen) atoms. The van der Waals surface area contributed by atoms with Crippen molar-refractivity contribution in [3.05, 3.63) is 35.9 Å². The standard InChI is InChI=1S/C16H25N3/c17-8-9-19-11-14(13-4-2-1-3-5-13)10-16(12-19)18-15-6-7-15/h1-5,14-16,18H,6-12,17H2. The molecule has 1 heterocycles. The van der Waals surface area contributed by atoms with Crippen LogP contribution < -0.4 is 11.1 Å². The summed E-state index contributed by atoms with van der Waals surface area (Å²) in [6.07, 6.45) is 3.99. The first-order valence-electron chi connectivity index (χ1n) is 7.58. The molecule has 3 heteroatoms. The lowest BCUT2D eigenvalue weighted by molar-refractivity contribution is 0.174. The summed E-state index contributed by atoms with van der Waals surface area (Å²) in [6.45, 7) is 4.10. The summed E-state index contributed by atoms with van der Waals surface area (Å²) in [7, 11) is 0. The fourth-order valence-electron chi connectivity index (χ4n) is 3.23. The van der Waals surface area contributed by atoms with Gasteiger partial charge in [-0.3, -0.25) is 4.90 Å². The maximum absolute atomic E-state index is 5.74. The highest BCUT2D eigenvalue weighted by atomic mass is 15.2. The largest absolute Gasteiger partial charge is 0.329 e. The molecule has 3 rings (SSSR count). The lowest BCUT2D eigenvalue weighted by Crippen LogP contribution is -2.50. The van der Waals surface area contributed by atoms with Crippen LogP contribution in [0.25, 0.3) is 0 Å². The second kappa shape index (κ2) is 6.04. The smallest absolute Gasteiger partial charge is 0.0203 e. The fraction of sp³-hybridized carbons (Fsp3) is 0.625. The van der Waals surface area contributed by atoms with Crippen molar-refractivity contribution in [2.45, 2.75) is 37.3 Å². The molecule has 3 nitrogen and oxygen atoms in total. The summed E-state index contributed by atoms with van der Waals surface area (Å²) in [5, 5.41) is 3.80. The third-order valence-electron chi connectivity index (χ3n) is 4.29. The molecule has 0 amide bonds. The van der Waals surface area contributed by atoms with Gasteiger partial charge in [0.1, 0.15) is 0 Å². The van der Waals surface area contributed by atoms with Gasteiger partial charge in [0.15, 0.2) is 0 Å². The lowest BCUT2D eigenvalue weighted by Gasteiger charge is -2.38. The van der Waals surface area contributed by atoms with Crippen molar-refractivity contribution in [1.29, 1.82) is 0 Å². The van der Waals surface area contributed by atoms with E-state index in [-0.39, 0.29) is 0 Å². The van der Waals surface area contributed by atoms with Gasteiger partial charge in [-0.1, -0.05) is 30.3 Å². The van der Waals surface area contributed by atoms with Crippen molar-refractivity contribution in [2.75, 3.05) is 26.2 Å². The van der Waals surface area contributed by atoms with Gasteiger partial charge in [-0.25, -0.2) is 0 Å². The molecule has 104 valence electrons. The molecule has 1 saturated carbocycles. The third-order valence-corrected chi connectivity index (χ3v) is 4.29. The average molecular weight is 259 g/mol. The van der Waals surface area contributed by atoms with E-state index in [1.165, 1.54) is 24.8 Å². The third kappa shape index (κ3) is 3.56. The van der Waals surface area contributed by atoms with Gasteiger partial charge in [-0.05, 0) is 30.7 Å². The first-order chi connectivity index (χ1) is 9.35. The summed E-state index contributed by atoms with van der Waals surface area (Å²) in [5.41, 5.74) is 7.22. The number of hydrogen-bond acceptors (Lipinski definition) is 3. The van der Waals surface area contributed by atoms with Crippen molar-refractivity contribution in [3.63, 3.8) is 0 Å². The van der Waals surface area contributed by atoms with E-state index in [0.717, 1.165) is 32.2 Å². The van der Waals surface area contributed by atoms with Gasteiger partial charge < -0.3 is 11.1 Å². The van der Waals surface area contributed by atoms with Crippen LogP contribution in [0.15, 0.2) is 30.3 Å². The topological polar surface area (TPSA) is 41.3 Å². The molecule has 3 N–H and O–H groups in total. The molecule has 2 unspecified atom stereocenters. The SMILES string of the molecule is NCCN1CC(NC2CC2)CC(c2ccccc2)C1. The first-order valence-corrected chi connectivity index (χ1v) is 7.58.